The van der Waals surface area contributed by atoms with E-state index in [1.165, 1.54) is 15.3 Å². The molecule has 0 aliphatic heterocycles. The minimum absolute atomic E-state index is 0.0230. The second-order valence-electron chi connectivity index (χ2n) is 10.5. The highest BCUT2D eigenvalue weighted by molar-refractivity contribution is 6.99. The molecule has 0 saturated heterocycles. The number of hydrogen-bond acceptors (Lipinski definition) is 5. The third kappa shape index (κ3) is 8.35. The van der Waals surface area contributed by atoms with E-state index in [9.17, 15) is 14.4 Å². The highest BCUT2D eigenvalue weighted by Crippen LogP contribution is 2.36. The van der Waals surface area contributed by atoms with E-state index in [-0.39, 0.29) is 36.1 Å². The van der Waals surface area contributed by atoms with Gasteiger partial charge in [-0.1, -0.05) is 88.4 Å². The third-order valence-electron chi connectivity index (χ3n) is 6.65. The maximum Gasteiger partial charge on any atom is 0.261 e. The van der Waals surface area contributed by atoms with Crippen molar-refractivity contribution in [2.24, 2.45) is 11.5 Å². The Labute approximate surface area is 222 Å². The van der Waals surface area contributed by atoms with Crippen molar-refractivity contribution >= 4 is 36.3 Å². The number of hydrogen-bond donors (Lipinski definition) is 2. The van der Waals surface area contributed by atoms with Gasteiger partial charge in [-0.25, -0.2) is 0 Å². The lowest BCUT2D eigenvalue weighted by Crippen LogP contribution is -2.66. The van der Waals surface area contributed by atoms with Crippen LogP contribution in [-0.4, -0.2) is 56.6 Å². The normalized spacial score (nSPS) is 12.7. The van der Waals surface area contributed by atoms with E-state index in [1.54, 1.807) is 6.92 Å². The number of primary amides is 1. The van der Waals surface area contributed by atoms with Crippen LogP contribution in [0.3, 0.4) is 0 Å². The van der Waals surface area contributed by atoms with Crippen LogP contribution in [0.2, 0.25) is 5.04 Å². The predicted molar refractivity (Wildman–Crippen MR) is 151 cm³/mol. The number of nitrogens with zero attached hydrogens (tertiary/aromatic N) is 1. The van der Waals surface area contributed by atoms with Gasteiger partial charge in [-0.15, -0.1) is 0 Å². The molecule has 0 bridgehead atoms. The summed E-state index contributed by atoms with van der Waals surface area (Å²) in [4.78, 5) is 37.6. The van der Waals surface area contributed by atoms with Crippen LogP contribution in [0.1, 0.15) is 59.8 Å². The number of carbonyl (C=O) groups is 3. The van der Waals surface area contributed by atoms with Gasteiger partial charge in [0.15, 0.2) is 5.78 Å². The zero-order chi connectivity index (χ0) is 27.5. The topological polar surface area (TPSA) is 116 Å². The molecule has 0 aromatic heterocycles. The van der Waals surface area contributed by atoms with Crippen LogP contribution in [0.25, 0.3) is 0 Å². The van der Waals surface area contributed by atoms with Gasteiger partial charge in [0.25, 0.3) is 8.32 Å². The number of rotatable bonds is 15. The van der Waals surface area contributed by atoms with Crippen LogP contribution in [-0.2, 0) is 18.8 Å². The number of amides is 2. The van der Waals surface area contributed by atoms with Gasteiger partial charge in [-0.2, -0.15) is 0 Å². The first-order valence-corrected chi connectivity index (χ1v) is 15.0. The van der Waals surface area contributed by atoms with Crippen molar-refractivity contribution in [1.29, 1.82) is 0 Å². The quantitative estimate of drug-likeness (QED) is 0.274. The van der Waals surface area contributed by atoms with E-state index in [1.807, 2.05) is 12.1 Å². The number of Topliss-reactive ketones (excluding diaryl/α,β-unsaturated/α-hetero) is 1. The summed E-state index contributed by atoms with van der Waals surface area (Å²) in [5, 5.41) is 2.33. The summed E-state index contributed by atoms with van der Waals surface area (Å²) in [6.45, 7) is 9.45. The molecule has 0 unspecified atom stereocenters. The molecule has 0 aliphatic carbocycles. The van der Waals surface area contributed by atoms with E-state index in [2.05, 4.69) is 69.3 Å². The third-order valence-corrected chi connectivity index (χ3v) is 11.7. The molecular formula is C29H43N3O4Si. The summed E-state index contributed by atoms with van der Waals surface area (Å²) in [6.07, 6.45) is 1.95. The molecule has 0 radical (unpaired) electrons. The molecule has 2 amide bonds. The highest BCUT2D eigenvalue weighted by atomic mass is 28.4. The van der Waals surface area contributed by atoms with E-state index in [0.717, 1.165) is 6.42 Å². The minimum Gasteiger partial charge on any atom is -0.407 e. The first-order valence-electron chi connectivity index (χ1n) is 13.1. The summed E-state index contributed by atoms with van der Waals surface area (Å²) in [6, 6.07) is 20.1. The van der Waals surface area contributed by atoms with Crippen LogP contribution >= 0.6 is 0 Å². The second-order valence-corrected chi connectivity index (χ2v) is 14.8. The Morgan fingerprint density at radius 1 is 0.946 bits per heavy atom. The van der Waals surface area contributed by atoms with Gasteiger partial charge in [-0.3, -0.25) is 14.4 Å². The van der Waals surface area contributed by atoms with Crippen molar-refractivity contribution in [2.45, 2.75) is 70.9 Å². The van der Waals surface area contributed by atoms with Crippen LogP contribution < -0.4 is 21.8 Å². The molecular weight excluding hydrogens is 482 g/mol. The zero-order valence-electron chi connectivity index (χ0n) is 22.7. The molecule has 2 aromatic rings. The van der Waals surface area contributed by atoms with Crippen molar-refractivity contribution in [3.63, 3.8) is 0 Å². The first kappa shape index (κ1) is 30.4. The van der Waals surface area contributed by atoms with Gasteiger partial charge in [-0.05, 0) is 34.7 Å². The summed E-state index contributed by atoms with van der Waals surface area (Å²) in [5.74, 6) is -0.852. The van der Waals surface area contributed by atoms with Gasteiger partial charge in [0.1, 0.15) is 0 Å². The lowest BCUT2D eigenvalue weighted by Gasteiger charge is -2.43. The molecule has 0 aliphatic rings. The predicted octanol–water partition coefficient (Wildman–Crippen LogP) is 2.74. The van der Waals surface area contributed by atoms with E-state index in [4.69, 9.17) is 15.9 Å². The first-order chi connectivity index (χ1) is 17.5. The maximum absolute atomic E-state index is 12.9. The molecule has 4 N–H and O–H groups in total. The summed E-state index contributed by atoms with van der Waals surface area (Å²) >= 11 is 0. The van der Waals surface area contributed by atoms with Crippen molar-refractivity contribution in [2.75, 3.05) is 19.7 Å². The number of carbonyl (C=O) groups excluding carboxylic acids is 3. The highest BCUT2D eigenvalue weighted by Gasteiger charge is 2.49. The molecule has 0 saturated carbocycles. The smallest absolute Gasteiger partial charge is 0.261 e. The molecule has 8 heteroatoms. The molecule has 2 aromatic carbocycles. The Hall–Kier alpha value is -2.81. The number of benzene rings is 2. The Balaban J connectivity index is 2.14. The molecule has 202 valence electrons. The molecule has 7 nitrogen and oxygen atoms in total. The standard InChI is InChI=1S/C29H43N3O4Si/c1-5-23(33)22-32(28(35)26(30)18-19-27(31)34)20-12-13-21-36-37(29(2,3)4,24-14-8-6-9-15-24)25-16-10-7-11-17-25/h6-11,14-17,26H,5,12-13,18-22,30H2,1-4H3,(H2,31,34)/t26-/m0/s1. The molecule has 2 rings (SSSR count). The average Bonchev–Trinajstić information content (AvgIpc) is 2.88. The Bertz CT molecular complexity index is 969. The van der Waals surface area contributed by atoms with Crippen LogP contribution in [0, 0.1) is 0 Å². The van der Waals surface area contributed by atoms with Crippen LogP contribution in [0.4, 0.5) is 0 Å². The second kappa shape index (κ2) is 14.2. The fraction of sp³-hybridized carbons (Fsp3) is 0.483. The van der Waals surface area contributed by atoms with E-state index < -0.39 is 20.3 Å². The van der Waals surface area contributed by atoms with Gasteiger partial charge >= 0.3 is 0 Å². The minimum atomic E-state index is -2.62. The molecule has 0 spiro atoms. The molecule has 37 heavy (non-hydrogen) atoms. The Morgan fingerprint density at radius 3 is 1.95 bits per heavy atom. The number of nitrogens with two attached hydrogens (primary N) is 2. The molecule has 0 fully saturated rings. The maximum atomic E-state index is 12.9. The van der Waals surface area contributed by atoms with Crippen LogP contribution in [0.15, 0.2) is 60.7 Å². The number of ketones is 1. The van der Waals surface area contributed by atoms with E-state index >= 15 is 0 Å². The fourth-order valence-electron chi connectivity index (χ4n) is 4.64. The van der Waals surface area contributed by atoms with Gasteiger partial charge in [0, 0.05) is 26.0 Å². The largest absolute Gasteiger partial charge is 0.407 e. The Kier molecular flexibility index (Phi) is 11.7. The van der Waals surface area contributed by atoms with Gasteiger partial charge < -0.3 is 20.8 Å². The van der Waals surface area contributed by atoms with Crippen molar-refractivity contribution in [3.8, 4) is 0 Å². The van der Waals surface area contributed by atoms with Crippen LogP contribution in [0.5, 0.6) is 0 Å². The monoisotopic (exact) mass is 525 g/mol. The van der Waals surface area contributed by atoms with Crippen molar-refractivity contribution < 1.29 is 18.8 Å². The van der Waals surface area contributed by atoms with Crippen molar-refractivity contribution in [1.82, 2.24) is 4.90 Å². The lowest BCUT2D eigenvalue weighted by atomic mass is 10.1. The summed E-state index contributed by atoms with van der Waals surface area (Å²) < 4.78 is 6.92. The Morgan fingerprint density at radius 2 is 1.49 bits per heavy atom. The average molecular weight is 526 g/mol. The van der Waals surface area contributed by atoms with Crippen molar-refractivity contribution in [3.05, 3.63) is 60.7 Å². The lowest BCUT2D eigenvalue weighted by molar-refractivity contribution is -0.136. The summed E-state index contributed by atoms with van der Waals surface area (Å²) in [7, 11) is -2.62. The fourth-order valence-corrected chi connectivity index (χ4v) is 9.25. The SMILES string of the molecule is CCC(=O)CN(CCCCO[Si](c1ccccc1)(c1ccccc1)C(C)(C)C)C(=O)[C@@H](N)CCC(N)=O. The zero-order valence-corrected chi connectivity index (χ0v) is 23.7. The van der Waals surface area contributed by atoms with Gasteiger partial charge in [0.05, 0.1) is 12.6 Å². The summed E-state index contributed by atoms with van der Waals surface area (Å²) in [5.41, 5.74) is 11.2. The van der Waals surface area contributed by atoms with E-state index in [0.29, 0.717) is 26.0 Å². The molecule has 0 heterocycles. The van der Waals surface area contributed by atoms with Gasteiger partial charge in [0.2, 0.25) is 11.8 Å². The molecule has 1 atom stereocenters. The number of unbranched alkanes of at least 4 members (excludes halogenated alkanes) is 1.